The molecule has 0 heterocycles. The lowest BCUT2D eigenvalue weighted by atomic mass is 10.1. The maximum Gasteiger partial charge on any atom is 0.265 e. The largest absolute Gasteiger partial charge is 0.481 e. The number of ketones is 1. The number of carbonyl (C=O) groups is 2. The van der Waals surface area contributed by atoms with E-state index in [-0.39, 0.29) is 11.7 Å². The highest BCUT2D eigenvalue weighted by Gasteiger charge is 2.15. The van der Waals surface area contributed by atoms with Crippen molar-refractivity contribution in [2.24, 2.45) is 0 Å². The van der Waals surface area contributed by atoms with Crippen LogP contribution in [0.5, 0.6) is 5.75 Å². The third-order valence-electron chi connectivity index (χ3n) is 3.47. The molecule has 0 spiro atoms. The fourth-order valence-electron chi connectivity index (χ4n) is 2.15. The molecule has 2 rings (SSSR count). The van der Waals surface area contributed by atoms with Crippen molar-refractivity contribution in [3.63, 3.8) is 0 Å². The predicted molar refractivity (Wildman–Crippen MR) is 91.0 cm³/mol. The van der Waals surface area contributed by atoms with Crippen molar-refractivity contribution in [2.75, 3.05) is 5.32 Å². The number of carbonyl (C=O) groups excluding carboxylic acids is 2. The molecule has 1 atom stereocenters. The fraction of sp³-hybridized carbons (Fsp3) is 0.263. The molecule has 1 amide bonds. The first kappa shape index (κ1) is 16.7. The van der Waals surface area contributed by atoms with Crippen LogP contribution in [0.3, 0.4) is 0 Å². The normalized spacial score (nSPS) is 11.6. The van der Waals surface area contributed by atoms with Crippen molar-refractivity contribution in [2.45, 2.75) is 33.3 Å². The Balaban J connectivity index is 1.96. The molecule has 0 aliphatic rings. The second kappa shape index (κ2) is 7.58. The SMILES string of the molecule is CCC(=O)c1ccc(OC(C)C(=O)Nc2cccc(C)c2)cc1. The van der Waals surface area contributed by atoms with Crippen LogP contribution < -0.4 is 10.1 Å². The molecule has 120 valence electrons. The Labute approximate surface area is 136 Å². The Bertz CT molecular complexity index is 692. The van der Waals surface area contributed by atoms with Crippen LogP contribution in [0.4, 0.5) is 5.69 Å². The lowest BCUT2D eigenvalue weighted by Crippen LogP contribution is -2.30. The van der Waals surface area contributed by atoms with Gasteiger partial charge in [-0.1, -0.05) is 19.1 Å². The molecule has 23 heavy (non-hydrogen) atoms. The first-order chi connectivity index (χ1) is 11.0. The van der Waals surface area contributed by atoms with Gasteiger partial charge in [-0.3, -0.25) is 9.59 Å². The van der Waals surface area contributed by atoms with Crippen LogP contribution in [0.15, 0.2) is 48.5 Å². The van der Waals surface area contributed by atoms with E-state index in [4.69, 9.17) is 4.74 Å². The lowest BCUT2D eigenvalue weighted by Gasteiger charge is -2.15. The summed E-state index contributed by atoms with van der Waals surface area (Å²) in [5, 5.41) is 2.82. The van der Waals surface area contributed by atoms with Gasteiger partial charge in [-0.15, -0.1) is 0 Å². The fourth-order valence-corrected chi connectivity index (χ4v) is 2.15. The van der Waals surface area contributed by atoms with Crippen LogP contribution in [-0.2, 0) is 4.79 Å². The number of hydrogen-bond donors (Lipinski definition) is 1. The molecular formula is C19H21NO3. The topological polar surface area (TPSA) is 55.4 Å². The molecule has 0 aliphatic carbocycles. The smallest absolute Gasteiger partial charge is 0.265 e. The van der Waals surface area contributed by atoms with Gasteiger partial charge in [0.25, 0.3) is 5.91 Å². The monoisotopic (exact) mass is 311 g/mol. The second-order valence-corrected chi connectivity index (χ2v) is 5.42. The molecule has 0 saturated heterocycles. The molecule has 0 bridgehead atoms. The number of amides is 1. The molecule has 2 aromatic rings. The number of benzene rings is 2. The van der Waals surface area contributed by atoms with Crippen LogP contribution in [0, 0.1) is 6.92 Å². The van der Waals surface area contributed by atoms with Crippen molar-refractivity contribution < 1.29 is 14.3 Å². The van der Waals surface area contributed by atoms with E-state index in [1.807, 2.05) is 38.1 Å². The van der Waals surface area contributed by atoms with Crippen molar-refractivity contribution in [1.82, 2.24) is 0 Å². The maximum absolute atomic E-state index is 12.2. The van der Waals surface area contributed by atoms with Gasteiger partial charge in [-0.05, 0) is 55.8 Å². The Hall–Kier alpha value is -2.62. The zero-order chi connectivity index (χ0) is 16.8. The summed E-state index contributed by atoms with van der Waals surface area (Å²) in [6, 6.07) is 14.4. The van der Waals surface area contributed by atoms with Gasteiger partial charge in [-0.2, -0.15) is 0 Å². The lowest BCUT2D eigenvalue weighted by molar-refractivity contribution is -0.122. The van der Waals surface area contributed by atoms with Crippen LogP contribution in [0.25, 0.3) is 0 Å². The van der Waals surface area contributed by atoms with Crippen LogP contribution >= 0.6 is 0 Å². The maximum atomic E-state index is 12.2. The molecule has 0 radical (unpaired) electrons. The molecule has 0 fully saturated rings. The second-order valence-electron chi connectivity index (χ2n) is 5.42. The number of hydrogen-bond acceptors (Lipinski definition) is 3. The average molecular weight is 311 g/mol. The molecule has 1 unspecified atom stereocenters. The Kier molecular flexibility index (Phi) is 5.52. The molecule has 0 aromatic heterocycles. The zero-order valence-corrected chi connectivity index (χ0v) is 13.6. The highest BCUT2D eigenvalue weighted by atomic mass is 16.5. The van der Waals surface area contributed by atoms with Gasteiger partial charge in [0.1, 0.15) is 5.75 Å². The quantitative estimate of drug-likeness (QED) is 0.821. The number of Topliss-reactive ketones (excluding diaryl/α,β-unsaturated/α-hetero) is 1. The highest BCUT2D eigenvalue weighted by molar-refractivity contribution is 5.96. The third kappa shape index (κ3) is 4.68. The minimum Gasteiger partial charge on any atom is -0.481 e. The first-order valence-electron chi connectivity index (χ1n) is 7.67. The Morgan fingerprint density at radius 2 is 1.83 bits per heavy atom. The third-order valence-corrected chi connectivity index (χ3v) is 3.47. The summed E-state index contributed by atoms with van der Waals surface area (Å²) in [6.45, 7) is 5.48. The van der Waals surface area contributed by atoms with Crippen LogP contribution in [-0.4, -0.2) is 17.8 Å². The van der Waals surface area contributed by atoms with E-state index >= 15 is 0 Å². The van der Waals surface area contributed by atoms with E-state index in [0.717, 1.165) is 11.3 Å². The first-order valence-corrected chi connectivity index (χ1v) is 7.67. The van der Waals surface area contributed by atoms with Crippen molar-refractivity contribution in [1.29, 1.82) is 0 Å². The Morgan fingerprint density at radius 3 is 2.43 bits per heavy atom. The van der Waals surface area contributed by atoms with E-state index in [1.54, 1.807) is 31.2 Å². The van der Waals surface area contributed by atoms with E-state index in [1.165, 1.54) is 0 Å². The number of nitrogens with one attached hydrogen (secondary N) is 1. The van der Waals surface area contributed by atoms with Gasteiger partial charge >= 0.3 is 0 Å². The summed E-state index contributed by atoms with van der Waals surface area (Å²) in [7, 11) is 0. The van der Waals surface area contributed by atoms with Crippen molar-refractivity contribution in [3.05, 3.63) is 59.7 Å². The number of rotatable bonds is 6. The molecule has 1 N–H and O–H groups in total. The molecular weight excluding hydrogens is 290 g/mol. The number of aryl methyl sites for hydroxylation is 1. The summed E-state index contributed by atoms with van der Waals surface area (Å²) in [5.41, 5.74) is 2.47. The predicted octanol–water partition coefficient (Wildman–Crippen LogP) is 3.99. The van der Waals surface area contributed by atoms with Gasteiger partial charge in [0.05, 0.1) is 0 Å². The van der Waals surface area contributed by atoms with Gasteiger partial charge in [0.2, 0.25) is 0 Å². The minimum atomic E-state index is -0.636. The summed E-state index contributed by atoms with van der Waals surface area (Å²) in [5.74, 6) is 0.427. The van der Waals surface area contributed by atoms with Gasteiger partial charge in [0, 0.05) is 17.7 Å². The highest BCUT2D eigenvalue weighted by Crippen LogP contribution is 2.16. The number of anilines is 1. The van der Waals surface area contributed by atoms with Crippen molar-refractivity contribution in [3.8, 4) is 5.75 Å². The van der Waals surface area contributed by atoms with E-state index in [0.29, 0.717) is 17.7 Å². The summed E-state index contributed by atoms with van der Waals surface area (Å²) < 4.78 is 5.62. The van der Waals surface area contributed by atoms with Crippen molar-refractivity contribution >= 4 is 17.4 Å². The van der Waals surface area contributed by atoms with Gasteiger partial charge in [-0.25, -0.2) is 0 Å². The molecule has 0 saturated carbocycles. The zero-order valence-electron chi connectivity index (χ0n) is 13.6. The van der Waals surface area contributed by atoms with Crippen LogP contribution in [0.2, 0.25) is 0 Å². The van der Waals surface area contributed by atoms with E-state index in [2.05, 4.69) is 5.32 Å². The van der Waals surface area contributed by atoms with E-state index < -0.39 is 6.10 Å². The number of ether oxygens (including phenoxy) is 1. The molecule has 2 aromatic carbocycles. The van der Waals surface area contributed by atoms with E-state index in [9.17, 15) is 9.59 Å². The average Bonchev–Trinajstić information content (AvgIpc) is 2.54. The summed E-state index contributed by atoms with van der Waals surface area (Å²) >= 11 is 0. The van der Waals surface area contributed by atoms with Crippen LogP contribution in [0.1, 0.15) is 36.2 Å². The standard InChI is InChI=1S/C19H21NO3/c1-4-18(21)15-8-10-17(11-9-15)23-14(3)19(22)20-16-7-5-6-13(2)12-16/h5-12,14H,4H2,1-3H3,(H,20,22). The minimum absolute atomic E-state index is 0.0850. The van der Waals surface area contributed by atoms with Gasteiger partial charge < -0.3 is 10.1 Å². The van der Waals surface area contributed by atoms with Gasteiger partial charge in [0.15, 0.2) is 11.9 Å². The summed E-state index contributed by atoms with van der Waals surface area (Å²) in [6.07, 6.45) is -0.168. The summed E-state index contributed by atoms with van der Waals surface area (Å²) in [4.78, 5) is 23.7. The molecule has 4 nitrogen and oxygen atoms in total. The molecule has 0 aliphatic heterocycles. The Morgan fingerprint density at radius 1 is 1.13 bits per heavy atom. The molecule has 4 heteroatoms.